The van der Waals surface area contributed by atoms with Gasteiger partial charge in [0.25, 0.3) is 0 Å². The van der Waals surface area contributed by atoms with Crippen molar-refractivity contribution in [1.29, 1.82) is 0 Å². The Bertz CT molecular complexity index is 461. The number of ether oxygens (including phenoxy) is 1. The van der Waals surface area contributed by atoms with Crippen molar-refractivity contribution in [1.82, 2.24) is 0 Å². The Hall–Kier alpha value is -0.880. The highest BCUT2D eigenvalue weighted by molar-refractivity contribution is 9.10. The van der Waals surface area contributed by atoms with Gasteiger partial charge in [0, 0.05) is 26.8 Å². The lowest BCUT2D eigenvalue weighted by Crippen LogP contribution is -2.18. The van der Waals surface area contributed by atoms with E-state index in [1.165, 1.54) is 0 Å². The molecule has 0 saturated heterocycles. The summed E-state index contributed by atoms with van der Waals surface area (Å²) in [6, 6.07) is 5.43. The van der Waals surface area contributed by atoms with Gasteiger partial charge in [-0.05, 0) is 23.8 Å². The second-order valence-corrected chi connectivity index (χ2v) is 6.30. The van der Waals surface area contributed by atoms with Gasteiger partial charge in [0.2, 0.25) is 0 Å². The molecule has 0 fully saturated rings. The number of benzene rings is 1. The molecular weight excluding hydrogens is 320 g/mol. The minimum absolute atomic E-state index is 0.152. The molecule has 2 unspecified atom stereocenters. The Morgan fingerprint density at radius 2 is 2.22 bits per heavy atom. The maximum Gasteiger partial charge on any atom is 0.307 e. The molecular formula is C12H15BrO4S. The Morgan fingerprint density at radius 1 is 1.56 bits per heavy atom. The van der Waals surface area contributed by atoms with Gasteiger partial charge in [-0.15, -0.1) is 0 Å². The Morgan fingerprint density at radius 3 is 2.78 bits per heavy atom. The van der Waals surface area contributed by atoms with E-state index in [9.17, 15) is 9.00 Å². The predicted molar refractivity (Wildman–Crippen MR) is 74.2 cm³/mol. The standard InChI is InChI=1S/C12H15BrO4S/c1-8(12(14)15)6-18(16)7-9-5-10(17-2)3-4-11(9)13/h3-5,8H,6-7H2,1-2H3,(H,14,15). The second-order valence-electron chi connectivity index (χ2n) is 3.95. The fourth-order valence-electron chi connectivity index (χ4n) is 1.37. The van der Waals surface area contributed by atoms with Crippen molar-refractivity contribution in [3.63, 3.8) is 0 Å². The third-order valence-electron chi connectivity index (χ3n) is 2.43. The third kappa shape index (κ3) is 4.42. The minimum Gasteiger partial charge on any atom is -0.497 e. The summed E-state index contributed by atoms with van der Waals surface area (Å²) in [5.74, 6) is -0.367. The fourth-order valence-corrected chi connectivity index (χ4v) is 3.35. The Labute approximate surface area is 117 Å². The van der Waals surface area contributed by atoms with Crippen LogP contribution in [0.4, 0.5) is 0 Å². The molecule has 100 valence electrons. The number of hydrogen-bond acceptors (Lipinski definition) is 3. The summed E-state index contributed by atoms with van der Waals surface area (Å²) in [4.78, 5) is 10.7. The first kappa shape index (κ1) is 15.2. The van der Waals surface area contributed by atoms with Gasteiger partial charge in [-0.1, -0.05) is 22.9 Å². The quantitative estimate of drug-likeness (QED) is 0.867. The lowest BCUT2D eigenvalue weighted by atomic mass is 10.2. The van der Waals surface area contributed by atoms with Gasteiger partial charge in [-0.2, -0.15) is 0 Å². The first-order valence-corrected chi connectivity index (χ1v) is 7.62. The number of methoxy groups -OCH3 is 1. The van der Waals surface area contributed by atoms with Crippen LogP contribution in [0.5, 0.6) is 5.75 Å². The molecule has 18 heavy (non-hydrogen) atoms. The first-order chi connectivity index (χ1) is 8.43. The van der Waals surface area contributed by atoms with E-state index in [1.807, 2.05) is 6.07 Å². The zero-order chi connectivity index (χ0) is 13.7. The monoisotopic (exact) mass is 334 g/mol. The number of carboxylic acids is 1. The van der Waals surface area contributed by atoms with Crippen LogP contribution in [0.3, 0.4) is 0 Å². The lowest BCUT2D eigenvalue weighted by Gasteiger charge is -2.09. The molecule has 0 amide bonds. The van der Waals surface area contributed by atoms with Crippen LogP contribution in [0, 0.1) is 5.92 Å². The molecule has 0 saturated carbocycles. The van der Waals surface area contributed by atoms with Crippen molar-refractivity contribution in [2.45, 2.75) is 12.7 Å². The van der Waals surface area contributed by atoms with Gasteiger partial charge in [0.15, 0.2) is 0 Å². The third-order valence-corrected chi connectivity index (χ3v) is 4.71. The van der Waals surface area contributed by atoms with Crippen molar-refractivity contribution >= 4 is 32.7 Å². The minimum atomic E-state index is -1.21. The molecule has 1 N–H and O–H groups in total. The lowest BCUT2D eigenvalue weighted by molar-refractivity contribution is -0.140. The van der Waals surface area contributed by atoms with Gasteiger partial charge in [-0.3, -0.25) is 9.00 Å². The first-order valence-electron chi connectivity index (χ1n) is 5.34. The maximum atomic E-state index is 11.9. The number of carboxylic acid groups (broad SMARTS) is 1. The number of rotatable bonds is 6. The van der Waals surface area contributed by atoms with Crippen LogP contribution >= 0.6 is 15.9 Å². The van der Waals surface area contributed by atoms with Gasteiger partial charge in [0.1, 0.15) is 5.75 Å². The SMILES string of the molecule is COc1ccc(Br)c(CS(=O)CC(C)C(=O)O)c1. The Balaban J connectivity index is 2.72. The highest BCUT2D eigenvalue weighted by atomic mass is 79.9. The van der Waals surface area contributed by atoms with E-state index in [1.54, 1.807) is 26.2 Å². The summed E-state index contributed by atoms with van der Waals surface area (Å²) < 4.78 is 17.8. The molecule has 2 atom stereocenters. The smallest absolute Gasteiger partial charge is 0.307 e. The van der Waals surface area contributed by atoms with E-state index in [0.717, 1.165) is 10.0 Å². The molecule has 1 rings (SSSR count). The zero-order valence-corrected chi connectivity index (χ0v) is 12.6. The predicted octanol–water partition coefficient (Wildman–Crippen LogP) is 2.43. The average Bonchev–Trinajstić information content (AvgIpc) is 2.31. The van der Waals surface area contributed by atoms with E-state index in [4.69, 9.17) is 9.84 Å². The largest absolute Gasteiger partial charge is 0.497 e. The van der Waals surface area contributed by atoms with Crippen molar-refractivity contribution in [2.24, 2.45) is 5.92 Å². The summed E-state index contributed by atoms with van der Waals surface area (Å²) in [5, 5.41) is 8.77. The van der Waals surface area contributed by atoms with Crippen LogP contribution in [0.25, 0.3) is 0 Å². The average molecular weight is 335 g/mol. The van der Waals surface area contributed by atoms with Crippen molar-refractivity contribution in [3.05, 3.63) is 28.2 Å². The van der Waals surface area contributed by atoms with Crippen LogP contribution in [0.2, 0.25) is 0 Å². The molecule has 0 aromatic heterocycles. The molecule has 1 aromatic carbocycles. The molecule has 0 spiro atoms. The zero-order valence-electron chi connectivity index (χ0n) is 10.2. The molecule has 0 aliphatic heterocycles. The summed E-state index contributed by atoms with van der Waals surface area (Å²) in [6.45, 7) is 1.56. The maximum absolute atomic E-state index is 11.9. The fraction of sp³-hybridized carbons (Fsp3) is 0.417. The molecule has 1 aromatic rings. The van der Waals surface area contributed by atoms with E-state index in [2.05, 4.69) is 15.9 Å². The number of halogens is 1. The highest BCUT2D eigenvalue weighted by Crippen LogP contribution is 2.24. The second kappa shape index (κ2) is 6.89. The van der Waals surface area contributed by atoms with Gasteiger partial charge >= 0.3 is 5.97 Å². The molecule has 0 bridgehead atoms. The van der Waals surface area contributed by atoms with E-state index < -0.39 is 22.7 Å². The normalized spacial score (nSPS) is 13.9. The summed E-state index contributed by atoms with van der Waals surface area (Å²) in [7, 11) is 0.357. The van der Waals surface area contributed by atoms with Gasteiger partial charge in [-0.25, -0.2) is 0 Å². The van der Waals surface area contributed by atoms with Crippen LogP contribution < -0.4 is 4.74 Å². The van der Waals surface area contributed by atoms with E-state index in [0.29, 0.717) is 11.5 Å². The van der Waals surface area contributed by atoms with Crippen molar-refractivity contribution in [2.75, 3.05) is 12.9 Å². The van der Waals surface area contributed by atoms with Crippen LogP contribution in [0.1, 0.15) is 12.5 Å². The molecule has 0 aliphatic rings. The van der Waals surface area contributed by atoms with E-state index in [-0.39, 0.29) is 5.75 Å². The van der Waals surface area contributed by atoms with Crippen LogP contribution in [-0.2, 0) is 21.3 Å². The molecule has 4 nitrogen and oxygen atoms in total. The Kier molecular flexibility index (Phi) is 5.81. The highest BCUT2D eigenvalue weighted by Gasteiger charge is 2.16. The summed E-state index contributed by atoms with van der Waals surface area (Å²) in [6.07, 6.45) is 0. The van der Waals surface area contributed by atoms with E-state index >= 15 is 0 Å². The van der Waals surface area contributed by atoms with Gasteiger partial charge < -0.3 is 9.84 Å². The molecule has 6 heteroatoms. The summed E-state index contributed by atoms with van der Waals surface area (Å²) >= 11 is 3.38. The molecule has 0 aliphatic carbocycles. The topological polar surface area (TPSA) is 63.6 Å². The molecule has 0 radical (unpaired) electrons. The number of hydrogen-bond donors (Lipinski definition) is 1. The van der Waals surface area contributed by atoms with Crippen LogP contribution in [-0.4, -0.2) is 28.1 Å². The summed E-state index contributed by atoms with van der Waals surface area (Å²) in [5.41, 5.74) is 0.852. The van der Waals surface area contributed by atoms with Gasteiger partial charge in [0.05, 0.1) is 13.0 Å². The van der Waals surface area contributed by atoms with Crippen molar-refractivity contribution < 1.29 is 18.8 Å². The number of aliphatic carboxylic acids is 1. The molecule has 0 heterocycles. The van der Waals surface area contributed by atoms with Crippen molar-refractivity contribution in [3.8, 4) is 5.75 Å². The van der Waals surface area contributed by atoms with Crippen LogP contribution in [0.15, 0.2) is 22.7 Å². The number of carbonyl (C=O) groups is 1.